The molecule has 0 heterocycles. The van der Waals surface area contributed by atoms with Gasteiger partial charge in [0.05, 0.1) is 11.5 Å². The number of nitrogens with one attached hydrogen (secondary N) is 2. The maximum Gasteiger partial charge on any atom is 0.309 e. The molecule has 1 rings (SSSR count). The average Bonchev–Trinajstić information content (AvgIpc) is 2.36. The molecule has 102 valence electrons. The summed E-state index contributed by atoms with van der Waals surface area (Å²) in [5.41, 5.74) is 5.25. The minimum absolute atomic E-state index is 0.0594. The number of carbonyl (C=O) groups is 2. The molecule has 0 radical (unpaired) electrons. The van der Waals surface area contributed by atoms with Gasteiger partial charge in [-0.15, -0.1) is 0 Å². The fourth-order valence-corrected chi connectivity index (χ4v) is 2.36. The normalized spacial score (nSPS) is 23.2. The maximum absolute atomic E-state index is 11.6. The van der Waals surface area contributed by atoms with E-state index in [1.165, 1.54) is 6.42 Å². The largest absolute Gasteiger partial charge is 0.392 e. The zero-order valence-corrected chi connectivity index (χ0v) is 11.5. The Bertz CT molecular complexity index is 333. The van der Waals surface area contributed by atoms with Crippen LogP contribution in [-0.2, 0) is 9.59 Å². The number of carbonyl (C=O) groups excluding carboxylic acids is 2. The summed E-state index contributed by atoms with van der Waals surface area (Å²) in [6, 6.07) is 0.117. The molecule has 18 heavy (non-hydrogen) atoms. The maximum atomic E-state index is 11.6. The van der Waals surface area contributed by atoms with Crippen LogP contribution in [0.5, 0.6) is 0 Å². The van der Waals surface area contributed by atoms with Crippen molar-refractivity contribution in [1.29, 1.82) is 0 Å². The SMILES string of the molecule is CCC1CCCC(NC(=O)C(=O)NCC(N)=S)C1. The van der Waals surface area contributed by atoms with Crippen LogP contribution in [0.15, 0.2) is 0 Å². The van der Waals surface area contributed by atoms with E-state index >= 15 is 0 Å². The first-order valence-electron chi connectivity index (χ1n) is 6.40. The molecule has 6 heteroatoms. The van der Waals surface area contributed by atoms with Crippen molar-refractivity contribution < 1.29 is 9.59 Å². The zero-order chi connectivity index (χ0) is 13.5. The van der Waals surface area contributed by atoms with Gasteiger partial charge in [-0.2, -0.15) is 0 Å². The van der Waals surface area contributed by atoms with Gasteiger partial charge in [0.15, 0.2) is 0 Å². The Hall–Kier alpha value is -1.17. The fourth-order valence-electron chi connectivity index (χ4n) is 2.29. The van der Waals surface area contributed by atoms with Gasteiger partial charge in [-0.25, -0.2) is 0 Å². The molecule has 1 aliphatic rings. The molecule has 2 amide bonds. The highest BCUT2D eigenvalue weighted by atomic mass is 32.1. The van der Waals surface area contributed by atoms with Crippen LogP contribution < -0.4 is 16.4 Å². The summed E-state index contributed by atoms with van der Waals surface area (Å²) in [4.78, 5) is 23.2. The molecule has 0 bridgehead atoms. The Morgan fingerprint density at radius 1 is 1.33 bits per heavy atom. The lowest BCUT2D eigenvalue weighted by Gasteiger charge is -2.28. The number of hydrogen-bond donors (Lipinski definition) is 3. The average molecular weight is 271 g/mol. The van der Waals surface area contributed by atoms with Crippen molar-refractivity contribution >= 4 is 29.0 Å². The molecule has 0 aliphatic heterocycles. The van der Waals surface area contributed by atoms with E-state index in [4.69, 9.17) is 5.73 Å². The van der Waals surface area contributed by atoms with E-state index in [0.29, 0.717) is 5.92 Å². The molecule has 0 aromatic heterocycles. The van der Waals surface area contributed by atoms with E-state index in [0.717, 1.165) is 25.7 Å². The van der Waals surface area contributed by atoms with Crippen LogP contribution >= 0.6 is 12.2 Å². The first-order chi connectivity index (χ1) is 8.52. The van der Waals surface area contributed by atoms with Crippen LogP contribution in [0.1, 0.15) is 39.0 Å². The van der Waals surface area contributed by atoms with Gasteiger partial charge >= 0.3 is 11.8 Å². The lowest BCUT2D eigenvalue weighted by Crippen LogP contribution is -2.47. The third-order valence-corrected chi connectivity index (χ3v) is 3.47. The second-order valence-electron chi connectivity index (χ2n) is 4.76. The molecule has 2 unspecified atom stereocenters. The van der Waals surface area contributed by atoms with Crippen molar-refractivity contribution in [2.75, 3.05) is 6.54 Å². The van der Waals surface area contributed by atoms with Gasteiger partial charge in [-0.1, -0.05) is 38.4 Å². The lowest BCUT2D eigenvalue weighted by molar-refractivity contribution is -0.139. The van der Waals surface area contributed by atoms with Crippen LogP contribution in [0, 0.1) is 5.92 Å². The minimum Gasteiger partial charge on any atom is -0.392 e. The van der Waals surface area contributed by atoms with Crippen molar-refractivity contribution in [3.63, 3.8) is 0 Å². The summed E-state index contributed by atoms with van der Waals surface area (Å²) in [5, 5.41) is 5.15. The van der Waals surface area contributed by atoms with Crippen LogP contribution in [-0.4, -0.2) is 29.4 Å². The van der Waals surface area contributed by atoms with E-state index in [2.05, 4.69) is 29.8 Å². The Morgan fingerprint density at radius 2 is 2.06 bits per heavy atom. The highest BCUT2D eigenvalue weighted by Gasteiger charge is 2.24. The molecule has 1 fully saturated rings. The van der Waals surface area contributed by atoms with Crippen molar-refractivity contribution in [1.82, 2.24) is 10.6 Å². The molecule has 0 aromatic rings. The van der Waals surface area contributed by atoms with Gasteiger partial charge in [0.2, 0.25) is 0 Å². The summed E-state index contributed by atoms with van der Waals surface area (Å²) in [6.07, 6.45) is 5.37. The van der Waals surface area contributed by atoms with Gasteiger partial charge in [0, 0.05) is 6.04 Å². The first kappa shape index (κ1) is 14.9. The van der Waals surface area contributed by atoms with E-state index in [9.17, 15) is 9.59 Å². The fraction of sp³-hybridized carbons (Fsp3) is 0.750. The van der Waals surface area contributed by atoms with Gasteiger partial charge in [-0.05, 0) is 18.8 Å². The van der Waals surface area contributed by atoms with Crippen LogP contribution in [0.25, 0.3) is 0 Å². The predicted octanol–water partition coefficient (Wildman–Crippen LogP) is 0.474. The molecule has 0 spiro atoms. The minimum atomic E-state index is -0.665. The third-order valence-electron chi connectivity index (χ3n) is 3.32. The van der Waals surface area contributed by atoms with Crippen molar-refractivity contribution in [3.8, 4) is 0 Å². The van der Waals surface area contributed by atoms with E-state index < -0.39 is 11.8 Å². The van der Waals surface area contributed by atoms with Gasteiger partial charge < -0.3 is 16.4 Å². The Balaban J connectivity index is 2.34. The Morgan fingerprint density at radius 3 is 2.67 bits per heavy atom. The van der Waals surface area contributed by atoms with Gasteiger partial charge in [-0.3, -0.25) is 9.59 Å². The lowest BCUT2D eigenvalue weighted by atomic mass is 9.84. The molecule has 4 N–H and O–H groups in total. The quantitative estimate of drug-likeness (QED) is 0.513. The number of nitrogens with two attached hydrogens (primary N) is 1. The molecule has 0 aromatic carbocycles. The Labute approximate surface area is 113 Å². The summed E-state index contributed by atoms with van der Waals surface area (Å²) in [6.45, 7) is 2.22. The Kier molecular flexibility index (Phi) is 6.04. The smallest absolute Gasteiger partial charge is 0.309 e. The van der Waals surface area contributed by atoms with Crippen LogP contribution in [0.2, 0.25) is 0 Å². The highest BCUT2D eigenvalue weighted by molar-refractivity contribution is 7.80. The number of amides is 2. The summed E-state index contributed by atoms with van der Waals surface area (Å²) in [7, 11) is 0. The summed E-state index contributed by atoms with van der Waals surface area (Å²) >= 11 is 4.62. The van der Waals surface area contributed by atoms with E-state index in [1.54, 1.807) is 0 Å². The van der Waals surface area contributed by atoms with E-state index in [1.807, 2.05) is 0 Å². The van der Waals surface area contributed by atoms with Gasteiger partial charge in [0.25, 0.3) is 0 Å². The van der Waals surface area contributed by atoms with Crippen LogP contribution in [0.4, 0.5) is 0 Å². The van der Waals surface area contributed by atoms with Crippen molar-refractivity contribution in [2.24, 2.45) is 11.7 Å². The van der Waals surface area contributed by atoms with Crippen LogP contribution in [0.3, 0.4) is 0 Å². The summed E-state index contributed by atoms with van der Waals surface area (Å²) < 4.78 is 0. The molecule has 1 aliphatic carbocycles. The zero-order valence-electron chi connectivity index (χ0n) is 10.7. The topological polar surface area (TPSA) is 84.2 Å². The van der Waals surface area contributed by atoms with Gasteiger partial charge in [0.1, 0.15) is 0 Å². The molecule has 0 saturated heterocycles. The number of rotatable bonds is 4. The molecule has 5 nitrogen and oxygen atoms in total. The molecular weight excluding hydrogens is 250 g/mol. The number of thiocarbonyl (C=S) groups is 1. The second kappa shape index (κ2) is 7.31. The standard InChI is InChI=1S/C12H21N3O2S/c1-2-8-4-3-5-9(6-8)15-12(17)11(16)14-7-10(13)18/h8-9H,2-7H2,1H3,(H2,13,18)(H,14,16)(H,15,17). The third kappa shape index (κ3) is 5.00. The van der Waals surface area contributed by atoms with Crippen molar-refractivity contribution in [3.05, 3.63) is 0 Å². The predicted molar refractivity (Wildman–Crippen MR) is 74.0 cm³/mol. The first-order valence-corrected chi connectivity index (χ1v) is 6.80. The molecule has 1 saturated carbocycles. The summed E-state index contributed by atoms with van der Waals surface area (Å²) in [5.74, 6) is -0.599. The monoisotopic (exact) mass is 271 g/mol. The highest BCUT2D eigenvalue weighted by Crippen LogP contribution is 2.26. The molecular formula is C12H21N3O2S. The number of hydrogen-bond acceptors (Lipinski definition) is 3. The molecule has 2 atom stereocenters. The second-order valence-corrected chi connectivity index (χ2v) is 5.28. The van der Waals surface area contributed by atoms with E-state index in [-0.39, 0.29) is 17.6 Å². The van der Waals surface area contributed by atoms with Crippen molar-refractivity contribution in [2.45, 2.75) is 45.1 Å².